The third kappa shape index (κ3) is 8.31. The molecule has 332 valence electrons. The van der Waals surface area contributed by atoms with E-state index in [0.29, 0.717) is 27.8 Å². The second kappa shape index (κ2) is 18.6. The molecule has 0 radical (unpaired) electrons. The van der Waals surface area contributed by atoms with Crippen molar-refractivity contribution in [1.29, 1.82) is 0 Å². The number of phenolic OH excluding ortho intramolecular Hbond substituents is 4. The van der Waals surface area contributed by atoms with Crippen LogP contribution in [0.15, 0.2) is 177 Å². The fourth-order valence-electron chi connectivity index (χ4n) is 8.34. The minimum absolute atomic E-state index is 0. The molecule has 0 bridgehead atoms. The van der Waals surface area contributed by atoms with Gasteiger partial charge in [-0.25, -0.2) is 19.7 Å². The van der Waals surface area contributed by atoms with Crippen molar-refractivity contribution < 1.29 is 30.0 Å². The second-order valence-electron chi connectivity index (χ2n) is 15.8. The molecule has 0 aliphatic rings. The number of carbonyl (C=O) groups excluding carboxylic acids is 2. The summed E-state index contributed by atoms with van der Waals surface area (Å²) in [7, 11) is 0. The van der Waals surface area contributed by atoms with Crippen LogP contribution in [-0.4, -0.2) is 61.0 Å². The van der Waals surface area contributed by atoms with Crippen molar-refractivity contribution in [2.45, 2.75) is 28.2 Å². The lowest BCUT2D eigenvalue weighted by Gasteiger charge is -2.18. The maximum absolute atomic E-state index is 13.1. The standard InChI is InChI=1S/C25H18N2O3.C22H18O2.C7H6N4O.CH4/c1-15-12-16-6-2-4-8-18(16)21(23(15)28)22-19-9-5-3-7-17(19)13-20(24(22)29)25(30)27-11-10-26-14-27;1-13-11-15-7-3-5-9-17(15)19(21(13)23)20-18-10-6-4-8-16(18)12-14(2)22(20)24;12-7(10-3-1-8-5-10)11-4-2-9-6-11;/h2-14,28-29H,1H3;3-12,23-24H,1-2H3;1-6H;1H4. The van der Waals surface area contributed by atoms with Crippen molar-refractivity contribution in [3.63, 3.8) is 0 Å². The van der Waals surface area contributed by atoms with E-state index in [0.717, 1.165) is 54.2 Å². The van der Waals surface area contributed by atoms with E-state index in [1.54, 1.807) is 30.9 Å². The number of hydrogen-bond donors (Lipinski definition) is 4. The molecule has 0 aliphatic carbocycles. The Labute approximate surface area is 385 Å². The number of carbonyl (C=O) groups is 2. The molecule has 12 nitrogen and oxygen atoms in total. The summed E-state index contributed by atoms with van der Waals surface area (Å²) >= 11 is 0. The maximum atomic E-state index is 13.1. The monoisotopic (exact) mass is 886 g/mol. The maximum Gasteiger partial charge on any atom is 0.338 e. The van der Waals surface area contributed by atoms with E-state index < -0.39 is 5.91 Å². The summed E-state index contributed by atoms with van der Waals surface area (Å²) in [5.41, 5.74) is 4.78. The van der Waals surface area contributed by atoms with Crippen LogP contribution in [0.2, 0.25) is 0 Å². The largest absolute Gasteiger partial charge is 0.507 e. The van der Waals surface area contributed by atoms with E-state index in [4.69, 9.17) is 0 Å². The van der Waals surface area contributed by atoms with Gasteiger partial charge in [-0.3, -0.25) is 18.5 Å². The zero-order valence-corrected chi connectivity index (χ0v) is 36.0. The first-order valence-corrected chi connectivity index (χ1v) is 20.9. The SMILES string of the molecule is C.Cc1cc2ccccc2c(-c2c(O)c(C(=O)n3ccnc3)cc3ccccc23)c1O.Cc1cc2ccccc2c(-c2c(O)c(C)cc3ccccc23)c1O.O=C(n1ccnc1)n1ccnc1. The highest BCUT2D eigenvalue weighted by Crippen LogP contribution is 2.49. The lowest BCUT2D eigenvalue weighted by Crippen LogP contribution is -2.15. The molecule has 0 amide bonds. The molecule has 67 heavy (non-hydrogen) atoms. The molecule has 0 fully saturated rings. The van der Waals surface area contributed by atoms with Crippen LogP contribution in [0.25, 0.3) is 65.3 Å². The molecule has 11 aromatic rings. The summed E-state index contributed by atoms with van der Waals surface area (Å²) in [4.78, 5) is 35.9. The number of aromatic nitrogens is 6. The second-order valence-corrected chi connectivity index (χ2v) is 15.8. The van der Waals surface area contributed by atoms with E-state index in [-0.39, 0.29) is 42.0 Å². The van der Waals surface area contributed by atoms with Crippen LogP contribution in [0.1, 0.15) is 34.5 Å². The van der Waals surface area contributed by atoms with E-state index >= 15 is 0 Å². The molecular weight excluding hydrogens is 841 g/mol. The van der Waals surface area contributed by atoms with E-state index in [2.05, 4.69) is 15.0 Å². The molecular formula is C55H46N6O6. The Morgan fingerprint density at radius 3 is 1.04 bits per heavy atom. The highest BCUT2D eigenvalue weighted by Gasteiger charge is 2.25. The van der Waals surface area contributed by atoms with Crippen molar-refractivity contribution in [3.8, 4) is 45.3 Å². The molecule has 0 saturated heterocycles. The third-order valence-electron chi connectivity index (χ3n) is 11.6. The molecule has 3 heterocycles. The van der Waals surface area contributed by atoms with Crippen molar-refractivity contribution in [2.75, 3.05) is 0 Å². The van der Waals surface area contributed by atoms with Gasteiger partial charge in [-0.2, -0.15) is 0 Å². The fourth-order valence-corrected chi connectivity index (χ4v) is 8.34. The summed E-state index contributed by atoms with van der Waals surface area (Å²) in [6, 6.07) is 38.5. The van der Waals surface area contributed by atoms with Crippen molar-refractivity contribution in [3.05, 3.63) is 200 Å². The number of phenols is 4. The lowest BCUT2D eigenvalue weighted by atomic mass is 9.89. The molecule has 0 atom stereocenters. The molecule has 0 aliphatic heterocycles. The number of nitrogens with zero attached hydrogens (tertiary/aromatic N) is 6. The van der Waals surface area contributed by atoms with Gasteiger partial charge in [-0.1, -0.05) is 104 Å². The Bertz CT molecular complexity index is 3480. The highest BCUT2D eigenvalue weighted by molar-refractivity contribution is 6.15. The van der Waals surface area contributed by atoms with Crippen LogP contribution in [0.3, 0.4) is 0 Å². The smallest absolute Gasteiger partial charge is 0.338 e. The summed E-state index contributed by atoms with van der Waals surface area (Å²) in [6.07, 6.45) is 13.6. The van der Waals surface area contributed by atoms with Gasteiger partial charge < -0.3 is 20.4 Å². The predicted molar refractivity (Wildman–Crippen MR) is 264 cm³/mol. The van der Waals surface area contributed by atoms with Gasteiger partial charge in [-0.05, 0) is 105 Å². The van der Waals surface area contributed by atoms with E-state index in [1.165, 1.54) is 45.1 Å². The average molecular weight is 887 g/mol. The van der Waals surface area contributed by atoms with Crippen LogP contribution < -0.4 is 0 Å². The quantitative estimate of drug-likeness (QED) is 0.135. The third-order valence-corrected chi connectivity index (χ3v) is 11.6. The Balaban J connectivity index is 0.000000147. The first-order chi connectivity index (χ1) is 32.0. The Morgan fingerprint density at radius 2 is 0.716 bits per heavy atom. The van der Waals surface area contributed by atoms with E-state index in [1.807, 2.05) is 136 Å². The van der Waals surface area contributed by atoms with E-state index in [9.17, 15) is 30.0 Å². The number of rotatable bonds is 3. The van der Waals surface area contributed by atoms with Gasteiger partial charge in [0, 0.05) is 59.4 Å². The summed E-state index contributed by atoms with van der Waals surface area (Å²) in [5.74, 6) is -0.0345. The van der Waals surface area contributed by atoms with Crippen LogP contribution in [-0.2, 0) is 0 Å². The molecule has 8 aromatic carbocycles. The van der Waals surface area contributed by atoms with Gasteiger partial charge in [0.1, 0.15) is 42.0 Å². The molecule has 3 aromatic heterocycles. The lowest BCUT2D eigenvalue weighted by molar-refractivity contribution is 0.0957. The van der Waals surface area contributed by atoms with Crippen molar-refractivity contribution in [2.24, 2.45) is 0 Å². The molecule has 11 rings (SSSR count). The Kier molecular flexibility index (Phi) is 12.4. The van der Waals surface area contributed by atoms with Crippen molar-refractivity contribution in [1.82, 2.24) is 28.7 Å². The van der Waals surface area contributed by atoms with Crippen LogP contribution >= 0.6 is 0 Å². The molecule has 0 spiro atoms. The van der Waals surface area contributed by atoms with Gasteiger partial charge in [0.25, 0.3) is 5.91 Å². The predicted octanol–water partition coefficient (Wildman–Crippen LogP) is 12.2. The number of aromatic hydroxyl groups is 4. The van der Waals surface area contributed by atoms with Gasteiger partial charge in [-0.15, -0.1) is 0 Å². The summed E-state index contributed by atoms with van der Waals surface area (Å²) < 4.78 is 4.07. The normalized spacial score (nSPS) is 10.9. The van der Waals surface area contributed by atoms with Gasteiger partial charge >= 0.3 is 6.03 Å². The van der Waals surface area contributed by atoms with Crippen LogP contribution in [0.4, 0.5) is 4.79 Å². The Morgan fingerprint density at radius 1 is 0.418 bits per heavy atom. The molecule has 0 unspecified atom stereocenters. The zero-order chi connectivity index (χ0) is 46.1. The highest BCUT2D eigenvalue weighted by atomic mass is 16.3. The fraction of sp³-hybridized carbons (Fsp3) is 0.0727. The summed E-state index contributed by atoms with van der Waals surface area (Å²) in [5, 5.41) is 51.2. The van der Waals surface area contributed by atoms with Crippen LogP contribution in [0.5, 0.6) is 23.0 Å². The van der Waals surface area contributed by atoms with Crippen molar-refractivity contribution >= 4 is 55.0 Å². The first-order valence-electron chi connectivity index (χ1n) is 20.9. The average Bonchev–Trinajstić information content (AvgIpc) is 4.17. The number of benzene rings is 8. The topological polar surface area (TPSA) is 169 Å². The number of fused-ring (bicyclic) bond motifs is 4. The molecule has 4 N–H and O–H groups in total. The molecule has 0 saturated carbocycles. The first kappa shape index (κ1) is 44.6. The summed E-state index contributed by atoms with van der Waals surface area (Å²) in [6.45, 7) is 5.60. The minimum Gasteiger partial charge on any atom is -0.507 e. The minimum atomic E-state index is -0.395. The van der Waals surface area contributed by atoms with Gasteiger partial charge in [0.2, 0.25) is 0 Å². The zero-order valence-electron chi connectivity index (χ0n) is 36.0. The van der Waals surface area contributed by atoms with Gasteiger partial charge in [0.05, 0.1) is 5.56 Å². The number of imidazole rings is 3. The number of hydrogen-bond acceptors (Lipinski definition) is 9. The Hall–Kier alpha value is -9.03. The number of aryl methyl sites for hydroxylation is 3. The van der Waals surface area contributed by atoms with Crippen LogP contribution in [0, 0.1) is 20.8 Å². The van der Waals surface area contributed by atoms with Gasteiger partial charge in [0.15, 0.2) is 0 Å². The molecule has 12 heteroatoms.